The molecule has 0 aliphatic carbocycles. The predicted molar refractivity (Wildman–Crippen MR) is 77.7 cm³/mol. The van der Waals surface area contributed by atoms with Crippen molar-refractivity contribution < 1.29 is 4.79 Å². The SMILES string of the molecule is CSCC(C)C(=O)N1CCCC(C(C)N)C1.Cl. The Morgan fingerprint density at radius 1 is 1.53 bits per heavy atom. The molecule has 0 aromatic rings. The van der Waals surface area contributed by atoms with E-state index >= 15 is 0 Å². The van der Waals surface area contributed by atoms with Crippen molar-refractivity contribution in [2.45, 2.75) is 32.7 Å². The van der Waals surface area contributed by atoms with Gasteiger partial charge in [-0.25, -0.2) is 0 Å². The van der Waals surface area contributed by atoms with Crippen molar-refractivity contribution in [2.75, 3.05) is 25.1 Å². The van der Waals surface area contributed by atoms with Crippen LogP contribution in [0.4, 0.5) is 0 Å². The maximum Gasteiger partial charge on any atom is 0.226 e. The van der Waals surface area contributed by atoms with Crippen molar-refractivity contribution in [3.63, 3.8) is 0 Å². The molecule has 17 heavy (non-hydrogen) atoms. The Kier molecular flexibility index (Phi) is 8.25. The topological polar surface area (TPSA) is 46.3 Å². The van der Waals surface area contributed by atoms with Gasteiger partial charge in [0.1, 0.15) is 0 Å². The fourth-order valence-electron chi connectivity index (χ4n) is 2.27. The number of nitrogens with zero attached hydrogens (tertiary/aromatic N) is 1. The lowest BCUT2D eigenvalue weighted by atomic mass is 9.91. The van der Waals surface area contributed by atoms with Crippen LogP contribution in [0.1, 0.15) is 26.7 Å². The number of nitrogens with two attached hydrogens (primary N) is 1. The van der Waals surface area contributed by atoms with E-state index in [2.05, 4.69) is 0 Å². The Morgan fingerprint density at radius 2 is 2.18 bits per heavy atom. The van der Waals surface area contributed by atoms with Crippen LogP contribution in [0.2, 0.25) is 0 Å². The van der Waals surface area contributed by atoms with Crippen LogP contribution in [0.3, 0.4) is 0 Å². The van der Waals surface area contributed by atoms with Crippen molar-refractivity contribution in [1.29, 1.82) is 0 Å². The highest BCUT2D eigenvalue weighted by Crippen LogP contribution is 2.21. The van der Waals surface area contributed by atoms with Gasteiger partial charge in [-0.1, -0.05) is 6.92 Å². The molecule has 0 spiro atoms. The van der Waals surface area contributed by atoms with E-state index in [-0.39, 0.29) is 24.4 Å². The first kappa shape index (κ1) is 17.1. The monoisotopic (exact) mass is 280 g/mol. The fourth-order valence-corrected chi connectivity index (χ4v) is 2.91. The van der Waals surface area contributed by atoms with Crippen LogP contribution in [0.25, 0.3) is 0 Å². The normalized spacial score (nSPS) is 23.8. The van der Waals surface area contributed by atoms with Crippen LogP contribution < -0.4 is 5.73 Å². The Balaban J connectivity index is 0.00000256. The molecule has 3 unspecified atom stereocenters. The molecule has 102 valence electrons. The molecule has 0 radical (unpaired) electrons. The minimum absolute atomic E-state index is 0. The number of thioether (sulfide) groups is 1. The number of likely N-dealkylation sites (tertiary alicyclic amines) is 1. The van der Waals surface area contributed by atoms with E-state index in [1.807, 2.05) is 25.0 Å². The van der Waals surface area contributed by atoms with E-state index in [0.717, 1.165) is 25.3 Å². The molecule has 0 aromatic heterocycles. The number of rotatable bonds is 4. The summed E-state index contributed by atoms with van der Waals surface area (Å²) in [5.74, 6) is 1.85. The molecule has 3 atom stereocenters. The molecule has 0 saturated carbocycles. The van der Waals surface area contributed by atoms with Crippen molar-refractivity contribution in [1.82, 2.24) is 4.90 Å². The lowest BCUT2D eigenvalue weighted by molar-refractivity contribution is -0.136. The average Bonchev–Trinajstić information content (AvgIpc) is 2.28. The quantitative estimate of drug-likeness (QED) is 0.857. The van der Waals surface area contributed by atoms with E-state index in [4.69, 9.17) is 5.73 Å². The highest BCUT2D eigenvalue weighted by atomic mass is 35.5. The molecule has 5 heteroatoms. The van der Waals surface area contributed by atoms with Gasteiger partial charge in [0.15, 0.2) is 0 Å². The molecule has 1 saturated heterocycles. The van der Waals surface area contributed by atoms with Crippen LogP contribution >= 0.6 is 24.2 Å². The standard InChI is InChI=1S/C12H24N2OS.ClH/c1-9(8-16-3)12(15)14-6-4-5-11(7-14)10(2)13;/h9-11H,4-8,13H2,1-3H3;1H. The second-order valence-corrected chi connectivity index (χ2v) is 5.81. The number of hydrogen-bond acceptors (Lipinski definition) is 3. The van der Waals surface area contributed by atoms with Crippen molar-refractivity contribution >= 4 is 30.1 Å². The van der Waals surface area contributed by atoms with E-state index in [9.17, 15) is 4.79 Å². The largest absolute Gasteiger partial charge is 0.342 e. The number of carbonyl (C=O) groups excluding carboxylic acids is 1. The zero-order chi connectivity index (χ0) is 12.1. The van der Waals surface area contributed by atoms with E-state index in [0.29, 0.717) is 11.8 Å². The van der Waals surface area contributed by atoms with Crippen LogP contribution in [0.5, 0.6) is 0 Å². The van der Waals surface area contributed by atoms with Gasteiger partial charge in [-0.3, -0.25) is 4.79 Å². The van der Waals surface area contributed by atoms with Gasteiger partial charge in [-0.15, -0.1) is 12.4 Å². The molecule has 3 nitrogen and oxygen atoms in total. The van der Waals surface area contributed by atoms with Gasteiger partial charge in [0.05, 0.1) is 0 Å². The third kappa shape index (κ3) is 5.06. The summed E-state index contributed by atoms with van der Waals surface area (Å²) in [6.07, 6.45) is 4.31. The molecule has 1 aliphatic heterocycles. The third-order valence-corrected chi connectivity index (χ3v) is 4.18. The lowest BCUT2D eigenvalue weighted by Crippen LogP contribution is -2.47. The summed E-state index contributed by atoms with van der Waals surface area (Å²) in [4.78, 5) is 14.1. The molecule has 0 bridgehead atoms. The number of piperidine rings is 1. The van der Waals surface area contributed by atoms with Crippen LogP contribution in [-0.4, -0.2) is 41.9 Å². The summed E-state index contributed by atoms with van der Waals surface area (Å²) < 4.78 is 0. The summed E-state index contributed by atoms with van der Waals surface area (Å²) in [5, 5.41) is 0. The van der Waals surface area contributed by atoms with Gasteiger partial charge < -0.3 is 10.6 Å². The third-order valence-electron chi connectivity index (χ3n) is 3.35. The molecule has 1 amide bonds. The molecule has 0 aromatic carbocycles. The predicted octanol–water partition coefficient (Wildman–Crippen LogP) is 1.99. The molecular formula is C12H25ClN2OS. The molecule has 1 fully saturated rings. The molecule has 1 aliphatic rings. The van der Waals surface area contributed by atoms with Gasteiger partial charge in [-0.05, 0) is 31.9 Å². The Bertz CT molecular complexity index is 239. The van der Waals surface area contributed by atoms with Gasteiger partial charge >= 0.3 is 0 Å². The highest BCUT2D eigenvalue weighted by Gasteiger charge is 2.27. The zero-order valence-corrected chi connectivity index (χ0v) is 12.6. The zero-order valence-electron chi connectivity index (χ0n) is 11.0. The molecule has 1 rings (SSSR count). The minimum atomic E-state index is 0. The van der Waals surface area contributed by atoms with Gasteiger partial charge in [0, 0.05) is 30.8 Å². The Labute approximate surface area is 115 Å². The lowest BCUT2D eigenvalue weighted by Gasteiger charge is -2.36. The maximum absolute atomic E-state index is 12.1. The van der Waals surface area contributed by atoms with Crippen LogP contribution in [0.15, 0.2) is 0 Å². The van der Waals surface area contributed by atoms with Gasteiger partial charge in [0.2, 0.25) is 5.91 Å². The fraction of sp³-hybridized carbons (Fsp3) is 0.917. The maximum atomic E-state index is 12.1. The average molecular weight is 281 g/mol. The second kappa shape index (κ2) is 8.22. The summed E-state index contributed by atoms with van der Waals surface area (Å²) in [6, 6.07) is 0.200. The first-order valence-corrected chi connectivity index (χ1v) is 7.49. The van der Waals surface area contributed by atoms with Crippen LogP contribution in [-0.2, 0) is 4.79 Å². The smallest absolute Gasteiger partial charge is 0.226 e. The second-order valence-electron chi connectivity index (χ2n) is 4.90. The highest BCUT2D eigenvalue weighted by molar-refractivity contribution is 7.98. The van der Waals surface area contributed by atoms with E-state index in [1.54, 1.807) is 11.8 Å². The van der Waals surface area contributed by atoms with E-state index < -0.39 is 0 Å². The van der Waals surface area contributed by atoms with Crippen molar-refractivity contribution in [3.8, 4) is 0 Å². The molecular weight excluding hydrogens is 256 g/mol. The number of hydrogen-bond donors (Lipinski definition) is 1. The molecule has 1 heterocycles. The number of halogens is 1. The molecule has 2 N–H and O–H groups in total. The Hall–Kier alpha value is 0.0700. The minimum Gasteiger partial charge on any atom is -0.342 e. The van der Waals surface area contributed by atoms with Gasteiger partial charge in [-0.2, -0.15) is 11.8 Å². The first-order chi connectivity index (χ1) is 7.56. The number of carbonyl (C=O) groups is 1. The summed E-state index contributed by atoms with van der Waals surface area (Å²) >= 11 is 1.74. The summed E-state index contributed by atoms with van der Waals surface area (Å²) in [7, 11) is 0. The Morgan fingerprint density at radius 3 is 2.71 bits per heavy atom. The first-order valence-electron chi connectivity index (χ1n) is 6.09. The van der Waals surface area contributed by atoms with E-state index in [1.165, 1.54) is 6.42 Å². The van der Waals surface area contributed by atoms with Crippen molar-refractivity contribution in [3.05, 3.63) is 0 Å². The summed E-state index contributed by atoms with van der Waals surface area (Å²) in [6.45, 7) is 5.84. The summed E-state index contributed by atoms with van der Waals surface area (Å²) in [5.41, 5.74) is 5.92. The number of amides is 1. The van der Waals surface area contributed by atoms with Gasteiger partial charge in [0.25, 0.3) is 0 Å². The van der Waals surface area contributed by atoms with Crippen molar-refractivity contribution in [2.24, 2.45) is 17.6 Å². The van der Waals surface area contributed by atoms with Crippen LogP contribution in [0, 0.1) is 11.8 Å².